The first-order chi connectivity index (χ1) is 1.91. The summed E-state index contributed by atoms with van der Waals surface area (Å²) in [6.07, 6.45) is 4.00. The van der Waals surface area contributed by atoms with E-state index >= 15 is 0 Å². The largest absolute Gasteiger partial charge is 0.0919 e. The molecule has 0 aliphatic rings. The van der Waals surface area contributed by atoms with Gasteiger partial charge < -0.3 is 0 Å². The summed E-state index contributed by atoms with van der Waals surface area (Å²) in [5, 5.41) is 0. The topological polar surface area (TPSA) is 0 Å². The van der Waals surface area contributed by atoms with Crippen LogP contribution in [0.4, 0.5) is 0 Å². The van der Waals surface area contributed by atoms with Gasteiger partial charge in [-0.3, -0.25) is 0 Å². The fourth-order valence-electron chi connectivity index (χ4n) is 0. The molecule has 0 aliphatic heterocycles. The molecule has 0 saturated heterocycles. The first kappa shape index (κ1) is 29.6. The van der Waals surface area contributed by atoms with E-state index in [2.05, 4.69) is 0 Å². The molecule has 0 rings (SSSR count). The van der Waals surface area contributed by atoms with Crippen molar-refractivity contribution in [1.82, 2.24) is 0 Å². The van der Waals surface area contributed by atoms with Crippen LogP contribution in [0.1, 0.15) is 36.1 Å². The van der Waals surface area contributed by atoms with Crippen LogP contribution >= 0.6 is 0 Å². The predicted molar refractivity (Wildman–Crippen MR) is 40.7 cm³/mol. The second-order valence-electron chi connectivity index (χ2n) is 0.667. The van der Waals surface area contributed by atoms with Crippen LogP contribution in [0.2, 0.25) is 0 Å². The normalized spacial score (nSPS) is 5.43. The molecule has 0 spiro atoms. The first-order valence-electron chi connectivity index (χ1n) is 1.49. The number of rotatable bonds is 0. The summed E-state index contributed by atoms with van der Waals surface area (Å²) >= 11 is 0. The van der Waals surface area contributed by atoms with Gasteiger partial charge >= 0.3 is 0 Å². The van der Waals surface area contributed by atoms with Crippen LogP contribution < -0.4 is 0 Å². The second kappa shape index (κ2) is 42.6. The molecular formula is C7H20. The Morgan fingerprint density at radius 1 is 0.714 bits per heavy atom. The Morgan fingerprint density at radius 2 is 0.857 bits per heavy atom. The van der Waals surface area contributed by atoms with Crippen molar-refractivity contribution >= 4 is 0 Å². The van der Waals surface area contributed by atoms with E-state index in [1.54, 1.807) is 0 Å². The van der Waals surface area contributed by atoms with Gasteiger partial charge in [-0.1, -0.05) is 34.4 Å². The van der Waals surface area contributed by atoms with E-state index < -0.39 is 0 Å². The third-order valence-electron chi connectivity index (χ3n) is 0.333. The van der Waals surface area contributed by atoms with Gasteiger partial charge in [0, 0.05) is 0 Å². The van der Waals surface area contributed by atoms with E-state index in [9.17, 15) is 0 Å². The smallest absolute Gasteiger partial charge is 0.0470 e. The van der Waals surface area contributed by atoms with Crippen LogP contribution in [0.25, 0.3) is 0 Å². The molecule has 0 aromatic heterocycles. The number of hydrogen-bond donors (Lipinski definition) is 0. The maximum atomic E-state index is 2.00. The third-order valence-corrected chi connectivity index (χ3v) is 0.333. The maximum Gasteiger partial charge on any atom is -0.0470 e. The van der Waals surface area contributed by atoms with Crippen molar-refractivity contribution in [1.29, 1.82) is 0 Å². The molecule has 0 fully saturated rings. The van der Waals surface area contributed by atoms with Crippen LogP contribution in [-0.4, -0.2) is 0 Å². The van der Waals surface area contributed by atoms with Gasteiger partial charge in [0.15, 0.2) is 0 Å². The summed E-state index contributed by atoms with van der Waals surface area (Å²) in [4.78, 5) is 0. The summed E-state index contributed by atoms with van der Waals surface area (Å²) in [5.74, 6) is 0. The van der Waals surface area contributed by atoms with Gasteiger partial charge in [0.2, 0.25) is 0 Å². The maximum absolute atomic E-state index is 2.00. The Bertz CT molecular complexity index is 15.2. The lowest BCUT2D eigenvalue weighted by Crippen LogP contribution is -1.26. The highest BCUT2D eigenvalue weighted by Gasteiger charge is 1.34. The van der Waals surface area contributed by atoms with E-state index in [4.69, 9.17) is 0 Å². The third kappa shape index (κ3) is 147. The standard InChI is InChI=1S/C4H8.3CH4/c1-3-4-2;;;/h3-4H,1-2H3;3*1H4. The molecule has 0 heterocycles. The molecule has 0 aromatic rings. The molecule has 0 saturated carbocycles. The van der Waals surface area contributed by atoms with E-state index in [1.165, 1.54) is 0 Å². The lowest BCUT2D eigenvalue weighted by Gasteiger charge is -1.49. The Labute approximate surface area is 49.3 Å². The van der Waals surface area contributed by atoms with Gasteiger partial charge in [-0.25, -0.2) is 0 Å². The predicted octanol–water partition coefficient (Wildman–Crippen LogP) is 3.49. The highest BCUT2D eigenvalue weighted by atomic mass is 13.4. The van der Waals surface area contributed by atoms with Gasteiger partial charge in [-0.05, 0) is 13.8 Å². The van der Waals surface area contributed by atoms with Gasteiger partial charge in [-0.2, -0.15) is 0 Å². The number of allylic oxidation sites excluding steroid dienone is 2. The molecule has 0 bridgehead atoms. The van der Waals surface area contributed by atoms with E-state index in [1.807, 2.05) is 26.0 Å². The molecule has 0 atom stereocenters. The molecule has 0 unspecified atom stereocenters. The Kier molecular flexibility index (Phi) is 180. The highest BCUT2D eigenvalue weighted by Crippen LogP contribution is 1.57. The Hall–Kier alpha value is -0.260. The average Bonchev–Trinajstić information content (AvgIpc) is 1.37. The summed E-state index contributed by atoms with van der Waals surface area (Å²) < 4.78 is 0. The lowest BCUT2D eigenvalue weighted by molar-refractivity contribution is 1.64. The molecule has 0 aromatic carbocycles. The van der Waals surface area contributed by atoms with Crippen molar-refractivity contribution < 1.29 is 0 Å². The molecule has 0 amide bonds. The molecule has 0 nitrogen and oxygen atoms in total. The molecule has 0 aliphatic carbocycles. The van der Waals surface area contributed by atoms with Crippen LogP contribution in [0.5, 0.6) is 0 Å². The van der Waals surface area contributed by atoms with Crippen molar-refractivity contribution in [3.63, 3.8) is 0 Å². The fourth-order valence-corrected chi connectivity index (χ4v) is 0. The zero-order valence-electron chi connectivity index (χ0n) is 3.15. The fraction of sp³-hybridized carbons (Fsp3) is 0.714. The van der Waals surface area contributed by atoms with E-state index in [0.717, 1.165) is 0 Å². The van der Waals surface area contributed by atoms with Gasteiger partial charge in [0.1, 0.15) is 0 Å². The second-order valence-corrected chi connectivity index (χ2v) is 0.667. The first-order valence-corrected chi connectivity index (χ1v) is 1.49. The molecular weight excluding hydrogens is 84.1 g/mol. The minimum absolute atomic E-state index is 0. The van der Waals surface area contributed by atoms with Crippen molar-refractivity contribution in [3.05, 3.63) is 12.2 Å². The monoisotopic (exact) mass is 104 g/mol. The lowest BCUT2D eigenvalue weighted by atomic mass is 10.6. The van der Waals surface area contributed by atoms with Gasteiger partial charge in [0.05, 0.1) is 0 Å². The minimum atomic E-state index is 0. The van der Waals surface area contributed by atoms with E-state index in [0.29, 0.717) is 0 Å². The molecule has 0 heteroatoms. The molecule has 7 heavy (non-hydrogen) atoms. The Balaban J connectivity index is -0.0000000150. The summed E-state index contributed by atoms with van der Waals surface area (Å²) in [5.41, 5.74) is 0. The van der Waals surface area contributed by atoms with Crippen LogP contribution in [-0.2, 0) is 0 Å². The van der Waals surface area contributed by atoms with Gasteiger partial charge in [-0.15, -0.1) is 0 Å². The molecule has 48 valence electrons. The highest BCUT2D eigenvalue weighted by molar-refractivity contribution is 4.68. The van der Waals surface area contributed by atoms with E-state index in [-0.39, 0.29) is 22.3 Å². The van der Waals surface area contributed by atoms with Crippen LogP contribution in [0, 0.1) is 0 Å². The zero-order valence-corrected chi connectivity index (χ0v) is 3.15. The average molecular weight is 104 g/mol. The summed E-state index contributed by atoms with van der Waals surface area (Å²) in [7, 11) is 0. The molecule has 0 radical (unpaired) electrons. The molecule has 0 N–H and O–H groups in total. The van der Waals surface area contributed by atoms with Crippen molar-refractivity contribution in [3.8, 4) is 0 Å². The summed E-state index contributed by atoms with van der Waals surface area (Å²) in [6, 6.07) is 0. The van der Waals surface area contributed by atoms with Crippen LogP contribution in [0.3, 0.4) is 0 Å². The van der Waals surface area contributed by atoms with Gasteiger partial charge in [0.25, 0.3) is 0 Å². The zero-order chi connectivity index (χ0) is 3.41. The minimum Gasteiger partial charge on any atom is -0.0919 e. The summed E-state index contributed by atoms with van der Waals surface area (Å²) in [6.45, 7) is 4.00. The van der Waals surface area contributed by atoms with Crippen LogP contribution in [0.15, 0.2) is 12.2 Å². The van der Waals surface area contributed by atoms with Crippen molar-refractivity contribution in [2.45, 2.75) is 36.1 Å². The quantitative estimate of drug-likeness (QED) is 0.413. The van der Waals surface area contributed by atoms with Crippen molar-refractivity contribution in [2.24, 2.45) is 0 Å². The SMILES string of the molecule is C.C.C.CC=CC. The van der Waals surface area contributed by atoms with Crippen molar-refractivity contribution in [2.75, 3.05) is 0 Å². The Morgan fingerprint density at radius 3 is 0.857 bits per heavy atom. The number of hydrogen-bond acceptors (Lipinski definition) is 0.